The Balaban J connectivity index is 1.47. The number of aromatic nitrogens is 1. The highest BCUT2D eigenvalue weighted by Gasteiger charge is 2.61. The predicted molar refractivity (Wildman–Crippen MR) is 163 cm³/mol. The maximum absolute atomic E-state index is 14.7. The van der Waals surface area contributed by atoms with Gasteiger partial charge in [0.15, 0.2) is 0 Å². The lowest BCUT2D eigenvalue weighted by atomic mass is 9.85. The lowest BCUT2D eigenvalue weighted by Gasteiger charge is -2.38. The van der Waals surface area contributed by atoms with Crippen LogP contribution in [0, 0.1) is 11.3 Å². The molecule has 0 spiro atoms. The van der Waals surface area contributed by atoms with E-state index < -0.39 is 27.6 Å². The molecule has 44 heavy (non-hydrogen) atoms. The van der Waals surface area contributed by atoms with E-state index in [0.29, 0.717) is 30.5 Å². The van der Waals surface area contributed by atoms with Gasteiger partial charge in [0.25, 0.3) is 15.9 Å². The van der Waals surface area contributed by atoms with Crippen LogP contribution in [0.2, 0.25) is 0 Å². The van der Waals surface area contributed by atoms with Crippen molar-refractivity contribution in [3.63, 3.8) is 0 Å². The molecule has 2 aromatic heterocycles. The van der Waals surface area contributed by atoms with Crippen LogP contribution in [-0.2, 0) is 25.2 Å². The Labute approximate surface area is 258 Å². The summed E-state index contributed by atoms with van der Waals surface area (Å²) >= 11 is 1.17. The number of hydrogen-bond acceptors (Lipinski definition) is 10. The van der Waals surface area contributed by atoms with Gasteiger partial charge in [0.05, 0.1) is 34.4 Å². The van der Waals surface area contributed by atoms with Gasteiger partial charge in [-0.15, -0.1) is 0 Å². The average Bonchev–Trinajstić information content (AvgIpc) is 3.69. The first-order valence-corrected chi connectivity index (χ1v) is 16.2. The fourth-order valence-corrected chi connectivity index (χ4v) is 8.00. The number of benzene rings is 2. The van der Waals surface area contributed by atoms with Crippen molar-refractivity contribution >= 4 is 44.7 Å². The molecule has 0 bridgehead atoms. The Morgan fingerprint density at radius 1 is 1.05 bits per heavy atom. The van der Waals surface area contributed by atoms with Crippen molar-refractivity contribution in [1.82, 2.24) is 9.88 Å². The van der Waals surface area contributed by atoms with E-state index in [4.69, 9.17) is 9.47 Å². The standard InChI is InChI=1S/C31H27N5O6S2/c1-2-41-28-6-4-3-5-25(28)31(42-30(38)35-16-14-34(15-17-35)23-9-12-33-13-10-23)26-19-22(20-32)7-8-27(26)36(29(31)37)44(39,40)24-11-18-43-21-24/h3-13,18-19,21H,2,14-17H2,1H3. The lowest BCUT2D eigenvalue weighted by molar-refractivity contribution is -0.132. The zero-order valence-corrected chi connectivity index (χ0v) is 25.3. The van der Waals surface area contributed by atoms with Crippen LogP contribution in [-0.4, -0.2) is 63.1 Å². The van der Waals surface area contributed by atoms with Gasteiger partial charge in [-0.1, -0.05) is 18.2 Å². The van der Waals surface area contributed by atoms with Crippen molar-refractivity contribution in [3.05, 3.63) is 101 Å². The molecule has 1 unspecified atom stereocenters. The van der Waals surface area contributed by atoms with Gasteiger partial charge in [-0.2, -0.15) is 20.9 Å². The minimum atomic E-state index is -4.43. The number of thiophene rings is 1. The van der Waals surface area contributed by atoms with Crippen molar-refractivity contribution < 1.29 is 27.5 Å². The van der Waals surface area contributed by atoms with E-state index in [-0.39, 0.29) is 39.6 Å². The molecule has 6 rings (SSSR count). The zero-order valence-electron chi connectivity index (χ0n) is 23.6. The topological polar surface area (TPSA) is 133 Å². The van der Waals surface area contributed by atoms with Gasteiger partial charge in [-0.05, 0) is 54.8 Å². The monoisotopic (exact) mass is 629 g/mol. The first-order valence-electron chi connectivity index (χ1n) is 13.8. The number of nitriles is 1. The second-order valence-electron chi connectivity index (χ2n) is 10.0. The van der Waals surface area contributed by atoms with Crippen LogP contribution in [0.15, 0.2) is 88.7 Å². The van der Waals surface area contributed by atoms with Gasteiger partial charge >= 0.3 is 6.09 Å². The van der Waals surface area contributed by atoms with Crippen LogP contribution in [0.3, 0.4) is 0 Å². The molecule has 0 aliphatic carbocycles. The molecule has 224 valence electrons. The molecule has 0 N–H and O–H groups in total. The molecule has 1 atom stereocenters. The number of carbonyl (C=O) groups excluding carboxylic acids is 2. The normalized spacial score (nSPS) is 18.1. The molecule has 0 radical (unpaired) electrons. The van der Waals surface area contributed by atoms with Crippen LogP contribution in [0.1, 0.15) is 23.6 Å². The fourth-order valence-electron chi connectivity index (χ4n) is 5.53. The van der Waals surface area contributed by atoms with E-state index in [1.165, 1.54) is 45.9 Å². The van der Waals surface area contributed by atoms with Crippen LogP contribution < -0.4 is 13.9 Å². The highest BCUT2D eigenvalue weighted by Crippen LogP contribution is 2.52. The van der Waals surface area contributed by atoms with Crippen molar-refractivity contribution in [3.8, 4) is 11.8 Å². The van der Waals surface area contributed by atoms with Crippen molar-refractivity contribution in [2.45, 2.75) is 17.4 Å². The van der Waals surface area contributed by atoms with E-state index in [0.717, 1.165) is 5.69 Å². The Kier molecular flexibility index (Phi) is 7.71. The molecule has 1 fully saturated rings. The predicted octanol–water partition coefficient (Wildman–Crippen LogP) is 4.35. The van der Waals surface area contributed by atoms with Gasteiger partial charge in [0.1, 0.15) is 5.75 Å². The number of piperazine rings is 1. The third-order valence-corrected chi connectivity index (χ3v) is 10.1. The minimum Gasteiger partial charge on any atom is -0.493 e. The first kappa shape index (κ1) is 29.2. The number of para-hydroxylation sites is 1. The number of hydrogen-bond donors (Lipinski definition) is 0. The van der Waals surface area contributed by atoms with E-state index in [1.54, 1.807) is 49.0 Å². The van der Waals surface area contributed by atoms with E-state index in [2.05, 4.69) is 9.88 Å². The SMILES string of the molecule is CCOc1ccccc1C1(OC(=O)N2CCN(c3ccncc3)CC2)C(=O)N(S(=O)(=O)c2ccsc2)c2ccc(C#N)cc21. The molecule has 4 heterocycles. The molecule has 1 saturated heterocycles. The zero-order chi connectivity index (χ0) is 30.9. The Hall–Kier alpha value is -4.93. The highest BCUT2D eigenvalue weighted by molar-refractivity contribution is 7.93. The number of pyridine rings is 1. The third-order valence-electron chi connectivity index (χ3n) is 7.62. The Bertz CT molecular complexity index is 1850. The molecule has 11 nitrogen and oxygen atoms in total. The summed E-state index contributed by atoms with van der Waals surface area (Å²) in [5.41, 5.74) is -0.955. The van der Waals surface area contributed by atoms with Crippen LogP contribution >= 0.6 is 11.3 Å². The summed E-state index contributed by atoms with van der Waals surface area (Å²) in [5.74, 6) is -0.772. The number of amides is 2. The summed E-state index contributed by atoms with van der Waals surface area (Å²) in [6.07, 6.45) is 2.59. The van der Waals surface area contributed by atoms with Crippen molar-refractivity contribution in [2.75, 3.05) is 42.0 Å². The number of ether oxygens (including phenoxy) is 2. The molecular formula is C31H27N5O6S2. The average molecular weight is 630 g/mol. The molecule has 2 aliphatic rings. The second kappa shape index (κ2) is 11.6. The minimum absolute atomic E-state index is 0.0122. The number of fused-ring (bicyclic) bond motifs is 1. The fraction of sp³-hybridized carbons (Fsp3) is 0.226. The van der Waals surface area contributed by atoms with Gasteiger partial charge in [0, 0.05) is 55.2 Å². The van der Waals surface area contributed by atoms with Crippen LogP contribution in [0.4, 0.5) is 16.2 Å². The molecule has 2 aromatic carbocycles. The molecule has 4 aromatic rings. The van der Waals surface area contributed by atoms with E-state index >= 15 is 0 Å². The number of rotatable bonds is 7. The van der Waals surface area contributed by atoms with E-state index in [1.807, 2.05) is 18.2 Å². The summed E-state index contributed by atoms with van der Waals surface area (Å²) in [6.45, 7) is 3.59. The Morgan fingerprint density at radius 2 is 1.80 bits per heavy atom. The molecule has 13 heteroatoms. The van der Waals surface area contributed by atoms with Gasteiger partial charge < -0.3 is 19.3 Å². The number of carbonyl (C=O) groups is 2. The summed E-state index contributed by atoms with van der Waals surface area (Å²) in [6, 6.07) is 18.0. The third kappa shape index (κ3) is 4.82. The van der Waals surface area contributed by atoms with Gasteiger partial charge in [-0.25, -0.2) is 13.2 Å². The summed E-state index contributed by atoms with van der Waals surface area (Å²) in [7, 11) is -4.43. The summed E-state index contributed by atoms with van der Waals surface area (Å²) in [4.78, 5) is 36.3. The maximum Gasteiger partial charge on any atom is 0.411 e. The number of nitrogens with zero attached hydrogens (tertiary/aromatic N) is 5. The second-order valence-corrected chi connectivity index (χ2v) is 12.6. The van der Waals surface area contributed by atoms with Crippen molar-refractivity contribution in [2.24, 2.45) is 0 Å². The number of anilines is 2. The number of sulfonamides is 1. The first-order chi connectivity index (χ1) is 21.3. The molecular weight excluding hydrogens is 603 g/mol. The lowest BCUT2D eigenvalue weighted by Crippen LogP contribution is -2.53. The summed E-state index contributed by atoms with van der Waals surface area (Å²) in [5, 5.41) is 12.8. The summed E-state index contributed by atoms with van der Waals surface area (Å²) < 4.78 is 40.7. The van der Waals surface area contributed by atoms with E-state index in [9.17, 15) is 23.3 Å². The molecule has 2 aliphatic heterocycles. The Morgan fingerprint density at radius 3 is 2.48 bits per heavy atom. The van der Waals surface area contributed by atoms with Gasteiger partial charge in [0.2, 0.25) is 5.60 Å². The quantitative estimate of drug-likeness (QED) is 0.293. The maximum atomic E-state index is 14.7. The van der Waals surface area contributed by atoms with Crippen molar-refractivity contribution in [1.29, 1.82) is 5.26 Å². The molecule has 0 saturated carbocycles. The smallest absolute Gasteiger partial charge is 0.411 e. The molecule has 2 amide bonds. The van der Waals surface area contributed by atoms with Crippen LogP contribution in [0.5, 0.6) is 5.75 Å². The largest absolute Gasteiger partial charge is 0.493 e. The highest BCUT2D eigenvalue weighted by atomic mass is 32.2. The van der Waals surface area contributed by atoms with Crippen LogP contribution in [0.25, 0.3) is 0 Å². The van der Waals surface area contributed by atoms with Gasteiger partial charge in [-0.3, -0.25) is 9.78 Å².